The number of amides is 1. The largest absolute Gasteiger partial charge is 0.374 e. The molecule has 0 bridgehead atoms. The van der Waals surface area contributed by atoms with E-state index in [9.17, 15) is 18.8 Å². The number of hydrazine groups is 1. The second kappa shape index (κ2) is 10.8. The first-order valence-corrected chi connectivity index (χ1v) is 15.6. The van der Waals surface area contributed by atoms with Crippen LogP contribution in [0.3, 0.4) is 0 Å². The second-order valence-electron chi connectivity index (χ2n) is 12.8. The maximum Gasteiger partial charge on any atom is 0.337 e. The molecule has 7 rings (SSSR count). The summed E-state index contributed by atoms with van der Waals surface area (Å²) >= 11 is 0. The highest BCUT2D eigenvalue weighted by molar-refractivity contribution is 5.94. The van der Waals surface area contributed by atoms with Crippen LogP contribution in [0.1, 0.15) is 57.1 Å². The van der Waals surface area contributed by atoms with Crippen molar-refractivity contribution >= 4 is 16.9 Å². The molecule has 1 saturated heterocycles. The number of pyridine rings is 1. The smallest absolute Gasteiger partial charge is 0.337 e. The molecule has 1 spiro atoms. The SMILES string of the molecule is C=C(C)N(C)Cc1ccc(-c2cccc(-n3c(=O)n(C4CCC(N5C(=O)C6(CC6)N5C)CC4)c(=O)c4cc(F)cnc43)c2)cc1. The fourth-order valence-electron chi connectivity index (χ4n) is 7.05. The normalized spacial score (nSPS) is 20.8. The van der Waals surface area contributed by atoms with Crippen LogP contribution in [0.5, 0.6) is 0 Å². The Labute approximate surface area is 260 Å². The molecule has 9 nitrogen and oxygen atoms in total. The van der Waals surface area contributed by atoms with Gasteiger partial charge in [0.25, 0.3) is 11.5 Å². The van der Waals surface area contributed by atoms with E-state index in [4.69, 9.17) is 0 Å². The van der Waals surface area contributed by atoms with Crippen LogP contribution >= 0.6 is 0 Å². The van der Waals surface area contributed by atoms with Crippen LogP contribution in [-0.4, -0.2) is 60.6 Å². The minimum absolute atomic E-state index is 0.0479. The third kappa shape index (κ3) is 4.79. The standard InChI is InChI=1S/C35H37FN6O3/c1-22(2)38(3)21-23-8-10-24(11-9-23)25-6-5-7-29(18-25)40-31-30(19-26(36)20-37-31)32(43)41(34(40)45)27-12-14-28(15-13-27)42-33(44)35(16-17-35)39(42)4/h5-11,18-20,27-28H,1,12-17,21H2,2-4H3. The van der Waals surface area contributed by atoms with Crippen molar-refractivity contribution in [3.8, 4) is 16.8 Å². The molecule has 0 atom stereocenters. The van der Waals surface area contributed by atoms with Crippen molar-refractivity contribution in [1.29, 1.82) is 0 Å². The lowest BCUT2D eigenvalue weighted by molar-refractivity contribution is -0.207. The number of fused-ring (bicyclic) bond motifs is 1. The lowest BCUT2D eigenvalue weighted by atomic mass is 9.89. The summed E-state index contributed by atoms with van der Waals surface area (Å²) in [5, 5.41) is 3.99. The summed E-state index contributed by atoms with van der Waals surface area (Å²) in [7, 11) is 3.97. The Morgan fingerprint density at radius 2 is 1.69 bits per heavy atom. The zero-order valence-corrected chi connectivity index (χ0v) is 25.9. The number of benzene rings is 2. The number of aromatic nitrogens is 3. The minimum atomic E-state index is -0.639. The van der Waals surface area contributed by atoms with Crippen LogP contribution in [0, 0.1) is 5.82 Å². The molecule has 2 aromatic heterocycles. The third-order valence-electron chi connectivity index (χ3n) is 10.0. The van der Waals surface area contributed by atoms with E-state index < -0.39 is 17.1 Å². The minimum Gasteiger partial charge on any atom is -0.374 e. The van der Waals surface area contributed by atoms with Gasteiger partial charge in [0.15, 0.2) is 5.65 Å². The average molecular weight is 609 g/mol. The molecule has 3 fully saturated rings. The molecule has 0 N–H and O–H groups in total. The molecule has 10 heteroatoms. The van der Waals surface area contributed by atoms with Crippen LogP contribution in [0.2, 0.25) is 0 Å². The van der Waals surface area contributed by atoms with Gasteiger partial charge in [-0.2, -0.15) is 0 Å². The molecule has 1 amide bonds. The number of nitrogens with zero attached hydrogens (tertiary/aromatic N) is 6. The van der Waals surface area contributed by atoms with Crippen molar-refractivity contribution in [1.82, 2.24) is 29.0 Å². The molecule has 232 valence electrons. The predicted molar refractivity (Wildman–Crippen MR) is 171 cm³/mol. The van der Waals surface area contributed by atoms with Gasteiger partial charge in [0.1, 0.15) is 11.4 Å². The molecule has 0 radical (unpaired) electrons. The first-order chi connectivity index (χ1) is 21.6. The van der Waals surface area contributed by atoms with Crippen molar-refractivity contribution in [2.45, 2.75) is 69.6 Å². The van der Waals surface area contributed by atoms with Gasteiger partial charge in [-0.25, -0.2) is 23.7 Å². The monoisotopic (exact) mass is 608 g/mol. The Hall–Kier alpha value is -4.57. The van der Waals surface area contributed by atoms with Crippen molar-refractivity contribution in [3.63, 3.8) is 0 Å². The fourth-order valence-corrected chi connectivity index (χ4v) is 7.05. The number of halogens is 1. The topological polar surface area (TPSA) is 83.7 Å². The van der Waals surface area contributed by atoms with Gasteiger partial charge in [0.2, 0.25) is 0 Å². The Balaban J connectivity index is 1.23. The molecule has 45 heavy (non-hydrogen) atoms. The number of carbonyl (C=O) groups excluding carboxylic acids is 1. The lowest BCUT2D eigenvalue weighted by Gasteiger charge is -2.53. The maximum absolute atomic E-state index is 14.4. The molecule has 2 aliphatic carbocycles. The fraction of sp³-hybridized carbons (Fsp3) is 0.371. The quantitative estimate of drug-likeness (QED) is 0.293. The van der Waals surface area contributed by atoms with E-state index in [0.717, 1.165) is 54.0 Å². The van der Waals surface area contributed by atoms with E-state index in [1.165, 1.54) is 9.13 Å². The second-order valence-corrected chi connectivity index (χ2v) is 12.8. The van der Waals surface area contributed by atoms with Gasteiger partial charge in [0.05, 0.1) is 17.3 Å². The summed E-state index contributed by atoms with van der Waals surface area (Å²) in [5.74, 6) is -0.450. The van der Waals surface area contributed by atoms with Gasteiger partial charge in [-0.05, 0) is 80.3 Å². The molecule has 4 aromatic rings. The number of carbonyl (C=O) groups is 1. The highest BCUT2D eigenvalue weighted by atomic mass is 19.1. The van der Waals surface area contributed by atoms with Crippen molar-refractivity contribution in [3.05, 3.63) is 105 Å². The summed E-state index contributed by atoms with van der Waals surface area (Å²) in [6.07, 6.45) is 5.32. The number of rotatable bonds is 7. The van der Waals surface area contributed by atoms with Crippen LogP contribution in [0.15, 0.2) is 82.7 Å². The van der Waals surface area contributed by atoms with Crippen LogP contribution < -0.4 is 11.2 Å². The van der Waals surface area contributed by atoms with E-state index in [1.807, 2.05) is 56.4 Å². The number of allylic oxidation sites excluding steroid dienone is 1. The van der Waals surface area contributed by atoms with E-state index in [2.05, 4.69) is 33.6 Å². The number of hydrogen-bond donors (Lipinski definition) is 0. The summed E-state index contributed by atoms with van der Waals surface area (Å²) in [6.45, 7) is 6.71. The molecular formula is C35H37FN6O3. The summed E-state index contributed by atoms with van der Waals surface area (Å²) < 4.78 is 17.1. The zero-order valence-electron chi connectivity index (χ0n) is 25.9. The van der Waals surface area contributed by atoms with Crippen LogP contribution in [0.25, 0.3) is 27.8 Å². The number of hydrogen-bond acceptors (Lipinski definition) is 6. The first-order valence-electron chi connectivity index (χ1n) is 15.6. The van der Waals surface area contributed by atoms with E-state index in [-0.39, 0.29) is 34.6 Å². The Morgan fingerprint density at radius 1 is 1.00 bits per heavy atom. The summed E-state index contributed by atoms with van der Waals surface area (Å²) in [4.78, 5) is 47.1. The summed E-state index contributed by atoms with van der Waals surface area (Å²) in [5.41, 5.74) is 3.33. The van der Waals surface area contributed by atoms with E-state index >= 15 is 0 Å². The Bertz CT molecular complexity index is 1950. The van der Waals surface area contributed by atoms with Gasteiger partial charge < -0.3 is 4.90 Å². The Morgan fingerprint density at radius 3 is 2.33 bits per heavy atom. The predicted octanol–water partition coefficient (Wildman–Crippen LogP) is 5.02. The van der Waals surface area contributed by atoms with E-state index in [0.29, 0.717) is 31.4 Å². The van der Waals surface area contributed by atoms with Gasteiger partial charge >= 0.3 is 5.69 Å². The molecule has 3 aliphatic rings. The zero-order chi connectivity index (χ0) is 31.6. The molecule has 3 heterocycles. The highest BCUT2D eigenvalue weighted by Crippen LogP contribution is 2.52. The van der Waals surface area contributed by atoms with Crippen molar-refractivity contribution in [2.75, 3.05) is 14.1 Å². The first kappa shape index (κ1) is 29.2. The summed E-state index contributed by atoms with van der Waals surface area (Å²) in [6, 6.07) is 16.6. The molecule has 2 saturated carbocycles. The Kier molecular flexibility index (Phi) is 7.00. The van der Waals surface area contributed by atoms with Crippen molar-refractivity contribution < 1.29 is 9.18 Å². The number of likely N-dealkylation sites (N-methyl/N-ethyl adjacent to an activating group) is 1. The maximum atomic E-state index is 14.4. The third-order valence-corrected chi connectivity index (χ3v) is 10.0. The van der Waals surface area contributed by atoms with Gasteiger partial charge in [-0.1, -0.05) is 43.0 Å². The average Bonchev–Trinajstić information content (AvgIpc) is 3.87. The molecule has 1 aliphatic heterocycles. The molecular weight excluding hydrogens is 571 g/mol. The van der Waals surface area contributed by atoms with Crippen LogP contribution in [-0.2, 0) is 11.3 Å². The van der Waals surface area contributed by atoms with E-state index in [1.54, 1.807) is 6.07 Å². The molecule has 0 unspecified atom stereocenters. The van der Waals surface area contributed by atoms with Gasteiger partial charge in [-0.3, -0.25) is 19.2 Å². The van der Waals surface area contributed by atoms with Gasteiger partial charge in [0, 0.05) is 38.4 Å². The molecule has 2 aromatic carbocycles. The van der Waals surface area contributed by atoms with Crippen LogP contribution in [0.4, 0.5) is 4.39 Å². The van der Waals surface area contributed by atoms with Crippen molar-refractivity contribution in [2.24, 2.45) is 0 Å². The lowest BCUT2D eigenvalue weighted by Crippen LogP contribution is -2.72. The highest BCUT2D eigenvalue weighted by Gasteiger charge is 2.66. The van der Waals surface area contributed by atoms with Gasteiger partial charge in [-0.15, -0.1) is 0 Å².